The van der Waals surface area contributed by atoms with Crippen LogP contribution in [0.2, 0.25) is 0 Å². The molecule has 8 atom stereocenters. The van der Waals surface area contributed by atoms with Crippen molar-refractivity contribution in [2.45, 2.75) is 101 Å². The monoisotopic (exact) mass is 785 g/mol. The molecule has 2 saturated heterocycles. The van der Waals surface area contributed by atoms with E-state index in [1.54, 1.807) is 0 Å². The standard InChI is InChI=1S/C30H35N5O18S/c1-11(36)46-8-18-20(48-13(3)38)22(50-15(5)40)27(52-18)34-7-17(24(42)31-29(34)44)10-54-26-25(43)32-30(45)35(33-26)28-23(51-16(6)41)21(49-14(4)39)19(53-28)9-47-12(2)37/h7,18-23,27-28H,8-10H2,1-6H3,(H,31,42,44)(H,32,43,45)/t18-,19+,20-,21-,22+,23-,27-,28+/m0/s1. The average Bonchev–Trinajstić information content (AvgIpc) is 3.54. The van der Waals surface area contributed by atoms with E-state index in [1.165, 1.54) is 0 Å². The second-order valence-electron chi connectivity index (χ2n) is 11.7. The quantitative estimate of drug-likeness (QED) is 0.123. The fourth-order valence-electron chi connectivity index (χ4n) is 5.43. The van der Waals surface area contributed by atoms with Crippen molar-refractivity contribution in [1.29, 1.82) is 0 Å². The third kappa shape index (κ3) is 10.1. The molecule has 24 heteroatoms. The highest BCUT2D eigenvalue weighted by atomic mass is 32.2. The van der Waals surface area contributed by atoms with E-state index in [4.69, 9.17) is 37.9 Å². The molecule has 2 aromatic rings. The van der Waals surface area contributed by atoms with Crippen molar-refractivity contribution in [2.75, 3.05) is 13.2 Å². The zero-order valence-corrected chi connectivity index (χ0v) is 30.2. The van der Waals surface area contributed by atoms with Crippen LogP contribution in [0, 0.1) is 0 Å². The molecule has 0 radical (unpaired) electrons. The number of thioether (sulfide) groups is 1. The number of carbonyl (C=O) groups excluding carboxylic acids is 6. The second-order valence-corrected chi connectivity index (χ2v) is 12.6. The molecule has 2 aliphatic heterocycles. The zero-order chi connectivity index (χ0) is 40.0. The van der Waals surface area contributed by atoms with E-state index in [1.807, 2.05) is 4.98 Å². The van der Waals surface area contributed by atoms with Gasteiger partial charge < -0.3 is 37.9 Å². The molecule has 0 bridgehead atoms. The number of rotatable bonds is 13. The van der Waals surface area contributed by atoms with E-state index in [9.17, 15) is 47.9 Å². The number of nitrogens with one attached hydrogen (secondary N) is 2. The summed E-state index contributed by atoms with van der Waals surface area (Å²) in [6.07, 6.45) is -10.4. The number of nitrogens with zero attached hydrogens (tertiary/aromatic N) is 3. The molecule has 2 aliphatic rings. The van der Waals surface area contributed by atoms with Gasteiger partial charge in [-0.3, -0.25) is 52.9 Å². The molecular formula is C30H35N5O18S. The van der Waals surface area contributed by atoms with Crippen LogP contribution in [0.3, 0.4) is 0 Å². The molecule has 54 heavy (non-hydrogen) atoms. The van der Waals surface area contributed by atoms with Crippen LogP contribution in [0.1, 0.15) is 59.6 Å². The molecule has 0 aromatic carbocycles. The summed E-state index contributed by atoms with van der Waals surface area (Å²) in [5.74, 6) is -5.21. The Morgan fingerprint density at radius 3 is 1.57 bits per heavy atom. The van der Waals surface area contributed by atoms with E-state index in [2.05, 4.69) is 10.1 Å². The van der Waals surface area contributed by atoms with Crippen LogP contribution < -0.4 is 22.5 Å². The van der Waals surface area contributed by atoms with Gasteiger partial charge in [-0.05, 0) is 0 Å². The summed E-state index contributed by atoms with van der Waals surface area (Å²) in [5.41, 5.74) is -4.31. The molecule has 0 spiro atoms. The summed E-state index contributed by atoms with van der Waals surface area (Å²) in [6, 6.07) is 0. The zero-order valence-electron chi connectivity index (χ0n) is 29.4. The Labute approximate surface area is 306 Å². The molecule has 23 nitrogen and oxygen atoms in total. The van der Waals surface area contributed by atoms with Crippen LogP contribution >= 0.6 is 11.8 Å². The maximum atomic E-state index is 13.1. The van der Waals surface area contributed by atoms with Crippen molar-refractivity contribution in [3.63, 3.8) is 0 Å². The van der Waals surface area contributed by atoms with Crippen LogP contribution in [-0.2, 0) is 72.4 Å². The van der Waals surface area contributed by atoms with Crippen LogP contribution in [-0.4, -0.2) is 110 Å². The number of ether oxygens (including phenoxy) is 8. The molecular weight excluding hydrogens is 750 g/mol. The van der Waals surface area contributed by atoms with Crippen LogP contribution in [0.25, 0.3) is 0 Å². The van der Waals surface area contributed by atoms with Crippen LogP contribution in [0.4, 0.5) is 0 Å². The minimum atomic E-state index is -1.63. The van der Waals surface area contributed by atoms with Gasteiger partial charge in [0.1, 0.15) is 25.4 Å². The van der Waals surface area contributed by atoms with E-state index >= 15 is 0 Å². The van der Waals surface area contributed by atoms with Crippen molar-refractivity contribution < 1.29 is 66.7 Å². The Morgan fingerprint density at radius 2 is 1.09 bits per heavy atom. The molecule has 0 saturated carbocycles. The first-order valence-electron chi connectivity index (χ1n) is 15.8. The minimum Gasteiger partial charge on any atom is -0.463 e. The van der Waals surface area contributed by atoms with Crippen molar-refractivity contribution in [1.82, 2.24) is 24.3 Å². The highest BCUT2D eigenvalue weighted by Crippen LogP contribution is 2.35. The predicted molar refractivity (Wildman–Crippen MR) is 173 cm³/mol. The fraction of sp³-hybridized carbons (Fsp3) is 0.567. The van der Waals surface area contributed by atoms with Crippen molar-refractivity contribution in [2.24, 2.45) is 0 Å². The highest BCUT2D eigenvalue weighted by molar-refractivity contribution is 7.98. The Kier molecular flexibility index (Phi) is 13.3. The molecule has 4 rings (SSSR count). The average molecular weight is 786 g/mol. The summed E-state index contributed by atoms with van der Waals surface area (Å²) in [5, 5.41) is 3.62. The number of esters is 6. The SMILES string of the molecule is CC(=O)OC[C@@H]1O[C@H](n2cc(CSc3nn([C@@H]4O[C@H](COC(C)=O)[C@H](OC(C)=O)[C@@H]4OC(C)=O)c(=O)[nH]c3=O)c(=O)[nH]c2=O)[C@H](OC(C)=O)[C@H]1OC(C)=O. The Hall–Kier alpha value is -5.62. The van der Waals surface area contributed by atoms with Gasteiger partial charge in [0, 0.05) is 59.1 Å². The van der Waals surface area contributed by atoms with Gasteiger partial charge in [-0.2, -0.15) is 9.78 Å². The van der Waals surface area contributed by atoms with Gasteiger partial charge in [0.2, 0.25) is 0 Å². The molecule has 0 unspecified atom stereocenters. The summed E-state index contributed by atoms with van der Waals surface area (Å²) in [6.45, 7) is 5.45. The van der Waals surface area contributed by atoms with E-state index < -0.39 is 131 Å². The van der Waals surface area contributed by atoms with Gasteiger partial charge in [0.05, 0.1) is 0 Å². The van der Waals surface area contributed by atoms with Gasteiger partial charge in [0.15, 0.2) is 41.9 Å². The first kappa shape index (κ1) is 41.1. The normalized spacial score (nSPS) is 24.6. The smallest absolute Gasteiger partial charge is 0.347 e. The Morgan fingerprint density at radius 1 is 0.648 bits per heavy atom. The Bertz CT molecular complexity index is 1900. The lowest BCUT2D eigenvalue weighted by molar-refractivity contribution is -0.166. The fourth-order valence-corrected chi connectivity index (χ4v) is 6.26. The summed E-state index contributed by atoms with van der Waals surface area (Å²) < 4.78 is 44.3. The maximum Gasteiger partial charge on any atom is 0.347 e. The number of aromatic amines is 2. The van der Waals surface area contributed by atoms with Gasteiger partial charge >= 0.3 is 47.2 Å². The van der Waals surface area contributed by atoms with Gasteiger partial charge in [-0.1, -0.05) is 11.8 Å². The molecule has 2 fully saturated rings. The van der Waals surface area contributed by atoms with Gasteiger partial charge in [-0.25, -0.2) is 9.59 Å². The summed E-state index contributed by atoms with van der Waals surface area (Å²) in [7, 11) is 0. The van der Waals surface area contributed by atoms with Crippen molar-refractivity contribution in [3.05, 3.63) is 53.4 Å². The summed E-state index contributed by atoms with van der Waals surface area (Å²) in [4.78, 5) is 127. The van der Waals surface area contributed by atoms with Crippen LogP contribution in [0.15, 0.2) is 30.4 Å². The van der Waals surface area contributed by atoms with Crippen molar-refractivity contribution in [3.8, 4) is 0 Å². The number of H-pyrrole nitrogens is 2. The lowest BCUT2D eigenvalue weighted by Crippen LogP contribution is -2.43. The van der Waals surface area contributed by atoms with E-state index in [-0.39, 0.29) is 5.56 Å². The second kappa shape index (κ2) is 17.5. The Balaban J connectivity index is 1.68. The topological polar surface area (TPSA) is 299 Å². The first-order valence-corrected chi connectivity index (χ1v) is 16.8. The van der Waals surface area contributed by atoms with E-state index in [0.29, 0.717) is 16.4 Å². The number of carbonyl (C=O) groups is 6. The van der Waals surface area contributed by atoms with Gasteiger partial charge in [0.25, 0.3) is 11.1 Å². The van der Waals surface area contributed by atoms with Crippen molar-refractivity contribution >= 4 is 47.6 Å². The number of hydrogen-bond acceptors (Lipinski definition) is 20. The van der Waals surface area contributed by atoms with Gasteiger partial charge in [-0.15, -0.1) is 0 Å². The summed E-state index contributed by atoms with van der Waals surface area (Å²) >= 11 is 0.606. The van der Waals surface area contributed by atoms with E-state index in [0.717, 1.165) is 52.3 Å². The molecule has 294 valence electrons. The third-order valence-electron chi connectivity index (χ3n) is 7.42. The molecule has 0 aliphatic carbocycles. The number of hydrogen-bond donors (Lipinski definition) is 2. The third-order valence-corrected chi connectivity index (χ3v) is 8.42. The van der Waals surface area contributed by atoms with Crippen LogP contribution in [0.5, 0.6) is 0 Å². The predicted octanol–water partition coefficient (Wildman–Crippen LogP) is -2.28. The maximum absolute atomic E-state index is 13.1. The molecule has 2 N–H and O–H groups in total. The largest absolute Gasteiger partial charge is 0.463 e. The molecule has 4 heterocycles. The lowest BCUT2D eigenvalue weighted by atomic mass is 10.1. The highest BCUT2D eigenvalue weighted by Gasteiger charge is 2.52. The first-order chi connectivity index (χ1) is 25.4. The minimum absolute atomic E-state index is 0.178. The molecule has 2 aromatic heterocycles. The number of aromatic nitrogens is 5. The lowest BCUT2D eigenvalue weighted by Gasteiger charge is -2.24. The molecule has 0 amide bonds.